The highest BCUT2D eigenvalue weighted by Gasteiger charge is 2.31. The summed E-state index contributed by atoms with van der Waals surface area (Å²) in [6.07, 6.45) is 0. The Morgan fingerprint density at radius 3 is 2.53 bits per heavy atom. The highest BCUT2D eigenvalue weighted by Crippen LogP contribution is 2.19. The third-order valence-corrected chi connectivity index (χ3v) is 3.46. The van der Waals surface area contributed by atoms with E-state index in [0.717, 1.165) is 26.2 Å². The Hall–Kier alpha value is -0.610. The molecule has 0 radical (unpaired) electrons. The minimum absolute atomic E-state index is 0.171. The molecule has 15 heavy (non-hydrogen) atoms. The van der Waals surface area contributed by atoms with Gasteiger partial charge in [0.15, 0.2) is 0 Å². The quantitative estimate of drug-likeness (QED) is 0.531. The molecule has 88 valence electrons. The largest absolute Gasteiger partial charge is 0.387 e. The summed E-state index contributed by atoms with van der Waals surface area (Å²) >= 11 is 0. The van der Waals surface area contributed by atoms with Crippen LogP contribution in [0.2, 0.25) is 0 Å². The number of nitrogens with two attached hydrogens (primary N) is 1. The highest BCUT2D eigenvalue weighted by molar-refractivity contribution is 5.79. The van der Waals surface area contributed by atoms with Crippen molar-refractivity contribution in [2.45, 2.75) is 26.3 Å². The molecule has 1 rings (SSSR count). The smallest absolute Gasteiger partial charge is 0.0947 e. The van der Waals surface area contributed by atoms with Gasteiger partial charge in [-0.15, -0.1) is 0 Å². The molecule has 0 aliphatic carbocycles. The molecule has 1 aliphatic rings. The van der Waals surface area contributed by atoms with Gasteiger partial charge in [0.2, 0.25) is 0 Å². The molecule has 0 spiro atoms. The van der Waals surface area contributed by atoms with Gasteiger partial charge >= 0.3 is 0 Å². The van der Waals surface area contributed by atoms with Crippen LogP contribution < -0.4 is 5.73 Å². The van der Waals surface area contributed by atoms with Crippen LogP contribution in [0.4, 0.5) is 0 Å². The molecule has 0 saturated carbocycles. The van der Waals surface area contributed by atoms with Crippen molar-refractivity contribution in [1.29, 1.82) is 5.41 Å². The Morgan fingerprint density at radius 2 is 2.07 bits per heavy atom. The van der Waals surface area contributed by atoms with E-state index in [1.807, 2.05) is 6.92 Å². The van der Waals surface area contributed by atoms with E-state index >= 15 is 0 Å². The zero-order valence-corrected chi connectivity index (χ0v) is 10.4. The molecular formula is C11H24N4. The maximum absolute atomic E-state index is 7.40. The van der Waals surface area contributed by atoms with Gasteiger partial charge in [0, 0.05) is 37.6 Å². The maximum Gasteiger partial charge on any atom is 0.0947 e. The standard InChI is InChI=1S/C11H24N4/c1-9(10(12)13)7-15-6-5-14(4)11(2,3)8-15/h9H,5-8H2,1-4H3,(H3,12,13). The average molecular weight is 212 g/mol. The maximum atomic E-state index is 7.40. The van der Waals surface area contributed by atoms with E-state index in [0.29, 0.717) is 5.84 Å². The summed E-state index contributed by atoms with van der Waals surface area (Å²) in [7, 11) is 2.17. The van der Waals surface area contributed by atoms with E-state index in [4.69, 9.17) is 11.1 Å². The summed E-state index contributed by atoms with van der Waals surface area (Å²) in [5, 5.41) is 7.40. The predicted octanol–water partition coefficient (Wildman–Crippen LogP) is 0.584. The lowest BCUT2D eigenvalue weighted by Gasteiger charge is -2.45. The number of rotatable bonds is 3. The van der Waals surface area contributed by atoms with E-state index in [1.54, 1.807) is 0 Å². The van der Waals surface area contributed by atoms with Crippen molar-refractivity contribution >= 4 is 5.84 Å². The zero-order valence-electron chi connectivity index (χ0n) is 10.4. The van der Waals surface area contributed by atoms with Crippen molar-refractivity contribution in [3.05, 3.63) is 0 Å². The number of piperazine rings is 1. The molecule has 3 N–H and O–H groups in total. The first-order valence-corrected chi connectivity index (χ1v) is 5.60. The third kappa shape index (κ3) is 3.18. The first kappa shape index (κ1) is 12.5. The highest BCUT2D eigenvalue weighted by atomic mass is 15.3. The minimum atomic E-state index is 0.171. The minimum Gasteiger partial charge on any atom is -0.387 e. The average Bonchev–Trinajstić information content (AvgIpc) is 2.10. The van der Waals surface area contributed by atoms with Crippen molar-refractivity contribution in [2.75, 3.05) is 33.2 Å². The van der Waals surface area contributed by atoms with Crippen molar-refractivity contribution in [1.82, 2.24) is 9.80 Å². The molecule has 1 saturated heterocycles. The predicted molar refractivity (Wildman–Crippen MR) is 64.2 cm³/mol. The Labute approximate surface area is 92.9 Å². The van der Waals surface area contributed by atoms with Gasteiger partial charge < -0.3 is 5.73 Å². The molecule has 0 aromatic rings. The number of nitrogens with one attached hydrogen (secondary N) is 1. The molecule has 1 aliphatic heterocycles. The number of hydrogen-bond acceptors (Lipinski definition) is 3. The molecule has 1 unspecified atom stereocenters. The molecule has 1 fully saturated rings. The molecule has 1 heterocycles. The van der Waals surface area contributed by atoms with Crippen molar-refractivity contribution in [3.8, 4) is 0 Å². The summed E-state index contributed by atoms with van der Waals surface area (Å²) in [6.45, 7) is 10.7. The second kappa shape index (κ2) is 4.49. The number of nitrogens with zero attached hydrogens (tertiary/aromatic N) is 2. The third-order valence-electron chi connectivity index (χ3n) is 3.46. The van der Waals surface area contributed by atoms with E-state index in [1.165, 1.54) is 0 Å². The van der Waals surface area contributed by atoms with E-state index < -0.39 is 0 Å². The second-order valence-electron chi connectivity index (χ2n) is 5.33. The fraction of sp³-hybridized carbons (Fsp3) is 0.909. The van der Waals surface area contributed by atoms with Crippen molar-refractivity contribution < 1.29 is 0 Å². The molecule has 4 nitrogen and oxygen atoms in total. The first-order valence-electron chi connectivity index (χ1n) is 5.60. The fourth-order valence-corrected chi connectivity index (χ4v) is 1.98. The molecule has 0 amide bonds. The molecule has 0 aromatic carbocycles. The molecule has 4 heteroatoms. The van der Waals surface area contributed by atoms with Gasteiger partial charge in [-0.05, 0) is 20.9 Å². The lowest BCUT2D eigenvalue weighted by molar-refractivity contribution is 0.0370. The second-order valence-corrected chi connectivity index (χ2v) is 5.33. The summed E-state index contributed by atoms with van der Waals surface area (Å²) in [5.41, 5.74) is 5.73. The van der Waals surface area contributed by atoms with E-state index in [2.05, 4.69) is 30.7 Å². The Balaban J connectivity index is 2.49. The normalized spacial score (nSPS) is 25.1. The SMILES string of the molecule is CC(CN1CCN(C)C(C)(C)C1)C(=N)N. The molecular weight excluding hydrogens is 188 g/mol. The zero-order chi connectivity index (χ0) is 11.6. The van der Waals surface area contributed by atoms with Gasteiger partial charge in [-0.3, -0.25) is 15.2 Å². The number of hydrogen-bond donors (Lipinski definition) is 2. The van der Waals surface area contributed by atoms with Crippen LogP contribution in [0.15, 0.2) is 0 Å². The Morgan fingerprint density at radius 1 is 1.47 bits per heavy atom. The summed E-state index contributed by atoms with van der Waals surface area (Å²) in [5.74, 6) is 0.468. The van der Waals surface area contributed by atoms with Gasteiger partial charge in [-0.25, -0.2) is 0 Å². The topological polar surface area (TPSA) is 56.4 Å². The fourth-order valence-electron chi connectivity index (χ4n) is 1.98. The van der Waals surface area contributed by atoms with Crippen LogP contribution in [0.25, 0.3) is 0 Å². The van der Waals surface area contributed by atoms with Crippen LogP contribution in [-0.2, 0) is 0 Å². The van der Waals surface area contributed by atoms with Crippen molar-refractivity contribution in [3.63, 3.8) is 0 Å². The van der Waals surface area contributed by atoms with E-state index in [-0.39, 0.29) is 11.5 Å². The van der Waals surface area contributed by atoms with Gasteiger partial charge in [0.25, 0.3) is 0 Å². The van der Waals surface area contributed by atoms with Gasteiger partial charge in [-0.2, -0.15) is 0 Å². The van der Waals surface area contributed by atoms with Crippen LogP contribution in [0.5, 0.6) is 0 Å². The van der Waals surface area contributed by atoms with Crippen LogP contribution >= 0.6 is 0 Å². The monoisotopic (exact) mass is 212 g/mol. The summed E-state index contributed by atoms with van der Waals surface area (Å²) in [4.78, 5) is 4.80. The van der Waals surface area contributed by atoms with E-state index in [9.17, 15) is 0 Å². The Kier molecular flexibility index (Phi) is 3.73. The molecule has 0 bridgehead atoms. The Bertz CT molecular complexity index is 237. The lowest BCUT2D eigenvalue weighted by Crippen LogP contribution is -2.58. The molecule has 1 atom stereocenters. The number of likely N-dealkylation sites (N-methyl/N-ethyl adjacent to an activating group) is 1. The van der Waals surface area contributed by atoms with Crippen LogP contribution in [0, 0.1) is 11.3 Å². The molecule has 0 aromatic heterocycles. The van der Waals surface area contributed by atoms with Gasteiger partial charge in [-0.1, -0.05) is 6.92 Å². The van der Waals surface area contributed by atoms with Crippen LogP contribution in [0.3, 0.4) is 0 Å². The first-order chi connectivity index (χ1) is 6.83. The van der Waals surface area contributed by atoms with Gasteiger partial charge in [0.05, 0.1) is 5.84 Å². The summed E-state index contributed by atoms with van der Waals surface area (Å²) in [6, 6.07) is 0. The summed E-state index contributed by atoms with van der Waals surface area (Å²) < 4.78 is 0. The lowest BCUT2D eigenvalue weighted by atomic mass is 9.98. The van der Waals surface area contributed by atoms with Crippen LogP contribution in [-0.4, -0.2) is 54.4 Å². The van der Waals surface area contributed by atoms with Crippen LogP contribution in [0.1, 0.15) is 20.8 Å². The van der Waals surface area contributed by atoms with Crippen molar-refractivity contribution in [2.24, 2.45) is 11.7 Å². The number of amidine groups is 1. The van der Waals surface area contributed by atoms with Gasteiger partial charge in [0.1, 0.15) is 0 Å².